The third kappa shape index (κ3) is 2.30. The van der Waals surface area contributed by atoms with Crippen LogP contribution in [0.2, 0.25) is 0 Å². The van der Waals surface area contributed by atoms with E-state index in [2.05, 4.69) is 15.8 Å². The summed E-state index contributed by atoms with van der Waals surface area (Å²) in [5, 5.41) is 10.0. The number of nitrogens with one attached hydrogen (secondary N) is 2. The highest BCUT2D eigenvalue weighted by atomic mass is 35.5. The van der Waals surface area contributed by atoms with E-state index in [4.69, 9.17) is 16.3 Å². The fourth-order valence-electron chi connectivity index (χ4n) is 1.99. The van der Waals surface area contributed by atoms with Crippen LogP contribution in [0.25, 0.3) is 0 Å². The van der Waals surface area contributed by atoms with Crippen molar-refractivity contribution < 1.29 is 4.74 Å². The normalized spacial score (nSPS) is 18.7. The van der Waals surface area contributed by atoms with Crippen LogP contribution in [0.3, 0.4) is 0 Å². The van der Waals surface area contributed by atoms with Crippen LogP contribution in [0.1, 0.15) is 5.69 Å². The van der Waals surface area contributed by atoms with Gasteiger partial charge in [0.2, 0.25) is 0 Å². The van der Waals surface area contributed by atoms with Crippen LogP contribution >= 0.6 is 11.6 Å². The Balaban J connectivity index is 1.78. The summed E-state index contributed by atoms with van der Waals surface area (Å²) in [6, 6.07) is 1.99. The first kappa shape index (κ1) is 11.4. The Labute approximate surface area is 110 Å². The average Bonchev–Trinajstić information content (AvgIpc) is 2.69. The molecular weight excluding hydrogens is 254 g/mol. The van der Waals surface area contributed by atoms with E-state index in [0.29, 0.717) is 11.8 Å². The van der Waals surface area contributed by atoms with Crippen LogP contribution in [0.5, 0.6) is 0 Å². The van der Waals surface area contributed by atoms with E-state index in [9.17, 15) is 0 Å². The highest BCUT2D eigenvalue weighted by Crippen LogP contribution is 2.18. The summed E-state index contributed by atoms with van der Waals surface area (Å²) < 4.78 is 7.34. The highest BCUT2D eigenvalue weighted by Gasteiger charge is 2.13. The number of nitrogens with zero attached hydrogens (tertiary/aromatic N) is 3. The van der Waals surface area contributed by atoms with Gasteiger partial charge in [-0.25, -0.2) is 0 Å². The highest BCUT2D eigenvalue weighted by molar-refractivity contribution is 6.29. The summed E-state index contributed by atoms with van der Waals surface area (Å²) in [5.41, 5.74) is 4.91. The van der Waals surface area contributed by atoms with E-state index < -0.39 is 0 Å². The third-order valence-corrected chi connectivity index (χ3v) is 2.92. The van der Waals surface area contributed by atoms with Crippen molar-refractivity contribution in [3.63, 3.8) is 0 Å². The molecule has 0 amide bonds. The second kappa shape index (κ2) is 4.55. The zero-order chi connectivity index (χ0) is 12.5. The second-order valence-electron chi connectivity index (χ2n) is 4.22. The molecule has 2 N–H and O–H groups in total. The van der Waals surface area contributed by atoms with E-state index in [1.807, 2.05) is 30.1 Å². The Morgan fingerprint density at radius 1 is 1.56 bits per heavy atom. The SMILES string of the molecule is CN1C=C(Nc2cc3n(n2)CCOC3)C=C(Cl)N1. The number of ether oxygens (including phenoxy) is 1. The number of fused-ring (bicyclic) bond motifs is 1. The maximum atomic E-state index is 5.96. The smallest absolute Gasteiger partial charge is 0.152 e. The molecule has 0 fully saturated rings. The van der Waals surface area contributed by atoms with E-state index in [1.54, 1.807) is 5.01 Å². The predicted octanol–water partition coefficient (Wildman–Crippen LogP) is 1.20. The molecule has 2 aliphatic heterocycles. The summed E-state index contributed by atoms with van der Waals surface area (Å²) in [7, 11) is 1.88. The molecule has 18 heavy (non-hydrogen) atoms. The van der Waals surface area contributed by atoms with Crippen molar-refractivity contribution in [2.24, 2.45) is 0 Å². The van der Waals surface area contributed by atoms with E-state index in [-0.39, 0.29) is 0 Å². The van der Waals surface area contributed by atoms with Gasteiger partial charge in [-0.2, -0.15) is 5.10 Å². The summed E-state index contributed by atoms with van der Waals surface area (Å²) in [4.78, 5) is 0. The first-order valence-corrected chi connectivity index (χ1v) is 6.08. The molecule has 0 saturated carbocycles. The minimum atomic E-state index is 0.565. The maximum absolute atomic E-state index is 5.96. The Morgan fingerprint density at radius 3 is 3.22 bits per heavy atom. The predicted molar refractivity (Wildman–Crippen MR) is 68.4 cm³/mol. The summed E-state index contributed by atoms with van der Waals surface area (Å²) >= 11 is 5.96. The maximum Gasteiger partial charge on any atom is 0.152 e. The topological polar surface area (TPSA) is 54.4 Å². The van der Waals surface area contributed by atoms with Crippen molar-refractivity contribution >= 4 is 17.4 Å². The van der Waals surface area contributed by atoms with Crippen molar-refractivity contribution in [3.05, 3.63) is 34.9 Å². The second-order valence-corrected chi connectivity index (χ2v) is 4.63. The van der Waals surface area contributed by atoms with Crippen molar-refractivity contribution in [3.8, 4) is 0 Å². The molecule has 3 heterocycles. The number of halogens is 1. The minimum absolute atomic E-state index is 0.565. The Kier molecular flexibility index (Phi) is 2.89. The molecule has 0 saturated heterocycles. The van der Waals surface area contributed by atoms with Gasteiger partial charge in [0.1, 0.15) is 5.16 Å². The molecule has 3 rings (SSSR count). The third-order valence-electron chi connectivity index (χ3n) is 2.73. The number of allylic oxidation sites excluding steroid dienone is 1. The molecule has 0 atom stereocenters. The minimum Gasteiger partial charge on any atom is -0.373 e. The number of rotatable bonds is 2. The molecule has 6 nitrogen and oxygen atoms in total. The van der Waals surface area contributed by atoms with Gasteiger partial charge in [0, 0.05) is 19.3 Å². The molecule has 0 aromatic carbocycles. The molecule has 2 aliphatic rings. The van der Waals surface area contributed by atoms with Crippen LogP contribution < -0.4 is 10.7 Å². The van der Waals surface area contributed by atoms with E-state index >= 15 is 0 Å². The van der Waals surface area contributed by atoms with Gasteiger partial charge in [-0.05, 0) is 6.08 Å². The molecule has 1 aromatic heterocycles. The van der Waals surface area contributed by atoms with Crippen molar-refractivity contribution in [1.82, 2.24) is 20.2 Å². The van der Waals surface area contributed by atoms with Gasteiger partial charge in [0.25, 0.3) is 0 Å². The van der Waals surface area contributed by atoms with Gasteiger partial charge < -0.3 is 10.1 Å². The Morgan fingerprint density at radius 2 is 2.44 bits per heavy atom. The fourth-order valence-corrected chi connectivity index (χ4v) is 2.24. The molecule has 0 aliphatic carbocycles. The lowest BCUT2D eigenvalue weighted by molar-refractivity contribution is 0.0801. The lowest BCUT2D eigenvalue weighted by Crippen LogP contribution is -2.31. The number of hydrazine groups is 1. The Hall–Kier alpha value is -1.66. The lowest BCUT2D eigenvalue weighted by atomic mass is 10.3. The number of hydrogen-bond acceptors (Lipinski definition) is 5. The monoisotopic (exact) mass is 267 g/mol. The first-order valence-electron chi connectivity index (χ1n) is 5.71. The zero-order valence-corrected chi connectivity index (χ0v) is 10.7. The van der Waals surface area contributed by atoms with E-state index in [1.165, 1.54) is 0 Å². The number of hydrogen-bond donors (Lipinski definition) is 2. The molecule has 96 valence electrons. The summed E-state index contributed by atoms with van der Waals surface area (Å²) in [5.74, 6) is 0.803. The standard InChI is InChI=1S/C11H14ClN5O/c1-16-6-8(4-10(12)14-16)13-11-5-9-7-18-3-2-17(9)15-11/h4-6,14H,2-3,7H2,1H3,(H,13,15). The molecule has 1 aromatic rings. The van der Waals surface area contributed by atoms with Crippen LogP contribution in [0, 0.1) is 0 Å². The average molecular weight is 268 g/mol. The van der Waals surface area contributed by atoms with Gasteiger partial charge >= 0.3 is 0 Å². The zero-order valence-electron chi connectivity index (χ0n) is 9.98. The van der Waals surface area contributed by atoms with Gasteiger partial charge in [0.05, 0.1) is 31.1 Å². The van der Waals surface area contributed by atoms with Crippen molar-refractivity contribution in [1.29, 1.82) is 0 Å². The van der Waals surface area contributed by atoms with E-state index in [0.717, 1.165) is 30.4 Å². The fraction of sp³-hybridized carbons (Fsp3) is 0.364. The molecule has 0 unspecified atom stereocenters. The van der Waals surface area contributed by atoms with Crippen molar-refractivity contribution in [2.75, 3.05) is 19.0 Å². The molecule has 0 spiro atoms. The number of anilines is 1. The van der Waals surface area contributed by atoms with Crippen LogP contribution in [-0.2, 0) is 17.9 Å². The number of aromatic nitrogens is 2. The Bertz CT molecular complexity index is 498. The van der Waals surface area contributed by atoms with Crippen molar-refractivity contribution in [2.45, 2.75) is 13.2 Å². The molecule has 7 heteroatoms. The van der Waals surface area contributed by atoms with Crippen LogP contribution in [0.15, 0.2) is 29.2 Å². The molecular formula is C11H14ClN5O. The van der Waals surface area contributed by atoms with Gasteiger partial charge in [-0.3, -0.25) is 15.1 Å². The summed E-state index contributed by atoms with van der Waals surface area (Å²) in [6.07, 6.45) is 3.72. The van der Waals surface area contributed by atoms with Gasteiger partial charge in [-0.1, -0.05) is 11.6 Å². The first-order chi connectivity index (χ1) is 8.70. The lowest BCUT2D eigenvalue weighted by Gasteiger charge is -2.22. The quantitative estimate of drug-likeness (QED) is 0.789. The van der Waals surface area contributed by atoms with Crippen LogP contribution in [0.4, 0.5) is 5.82 Å². The van der Waals surface area contributed by atoms with Gasteiger partial charge in [0.15, 0.2) is 5.82 Å². The molecule has 0 radical (unpaired) electrons. The van der Waals surface area contributed by atoms with Crippen LogP contribution in [-0.4, -0.2) is 28.4 Å². The molecule has 0 bridgehead atoms. The van der Waals surface area contributed by atoms with Gasteiger partial charge in [-0.15, -0.1) is 0 Å². The summed E-state index contributed by atoms with van der Waals surface area (Å²) in [6.45, 7) is 2.13. The largest absolute Gasteiger partial charge is 0.373 e.